The highest BCUT2D eigenvalue weighted by Crippen LogP contribution is 2.13. The predicted octanol–water partition coefficient (Wildman–Crippen LogP) is 3.89. The summed E-state index contributed by atoms with van der Waals surface area (Å²) in [5.41, 5.74) is 3.48. The van der Waals surface area contributed by atoms with Gasteiger partial charge in [-0.1, -0.05) is 19.1 Å². The van der Waals surface area contributed by atoms with Gasteiger partial charge in [0.2, 0.25) is 5.91 Å². The zero-order valence-electron chi connectivity index (χ0n) is 13.7. The maximum atomic E-state index is 12.2. The summed E-state index contributed by atoms with van der Waals surface area (Å²) < 4.78 is 0. The van der Waals surface area contributed by atoms with Crippen molar-refractivity contribution >= 4 is 23.1 Å². The maximum absolute atomic E-state index is 12.2. The van der Waals surface area contributed by atoms with Gasteiger partial charge in [-0.05, 0) is 62.2 Å². The summed E-state index contributed by atoms with van der Waals surface area (Å²) >= 11 is 0. The molecule has 0 unspecified atom stereocenters. The number of nitrogens with one attached hydrogen (secondary N) is 2. The molecule has 1 amide bonds. The first-order chi connectivity index (χ1) is 11.0. The molecule has 0 radical (unpaired) electrons. The summed E-state index contributed by atoms with van der Waals surface area (Å²) in [6.07, 6.45) is 0.993. The molecule has 4 nitrogen and oxygen atoms in total. The molecule has 2 aromatic carbocycles. The van der Waals surface area contributed by atoms with Crippen molar-refractivity contribution in [1.29, 1.82) is 0 Å². The van der Waals surface area contributed by atoms with Gasteiger partial charge in [-0.2, -0.15) is 0 Å². The van der Waals surface area contributed by atoms with E-state index in [9.17, 15) is 9.59 Å². The summed E-state index contributed by atoms with van der Waals surface area (Å²) in [5.74, 6) is -0.117. The molecule has 0 aliphatic carbocycles. The van der Waals surface area contributed by atoms with Crippen molar-refractivity contribution in [3.63, 3.8) is 0 Å². The second kappa shape index (κ2) is 7.58. The average Bonchev–Trinajstić information content (AvgIpc) is 2.56. The Morgan fingerprint density at radius 1 is 0.957 bits per heavy atom. The van der Waals surface area contributed by atoms with Crippen LogP contribution in [0.5, 0.6) is 0 Å². The Kier molecular flexibility index (Phi) is 5.52. The van der Waals surface area contributed by atoms with E-state index in [4.69, 9.17) is 0 Å². The molecule has 2 N–H and O–H groups in total. The van der Waals surface area contributed by atoms with E-state index in [1.165, 1.54) is 12.5 Å². The lowest BCUT2D eigenvalue weighted by molar-refractivity contribution is -0.116. The Morgan fingerprint density at radius 3 is 2.04 bits per heavy atom. The van der Waals surface area contributed by atoms with E-state index in [0.717, 1.165) is 12.1 Å². The normalized spacial score (nSPS) is 11.6. The molecule has 0 heterocycles. The third kappa shape index (κ3) is 4.68. The Morgan fingerprint density at radius 2 is 1.52 bits per heavy atom. The van der Waals surface area contributed by atoms with Crippen molar-refractivity contribution in [3.05, 3.63) is 59.7 Å². The number of Topliss-reactive ketones (excluding diaryl/α,β-unsaturated/α-hetero) is 1. The number of hydrogen-bond acceptors (Lipinski definition) is 3. The van der Waals surface area contributed by atoms with Crippen LogP contribution >= 0.6 is 0 Å². The number of ketones is 1. The van der Waals surface area contributed by atoms with Gasteiger partial charge < -0.3 is 10.6 Å². The minimum Gasteiger partial charge on any atom is -0.374 e. The highest BCUT2D eigenvalue weighted by atomic mass is 16.2. The second-order valence-electron chi connectivity index (χ2n) is 5.54. The third-order valence-electron chi connectivity index (χ3n) is 3.70. The van der Waals surface area contributed by atoms with E-state index in [1.54, 1.807) is 24.3 Å². The van der Waals surface area contributed by atoms with Crippen LogP contribution in [0.3, 0.4) is 0 Å². The minimum atomic E-state index is -0.366. The first-order valence-electron chi connectivity index (χ1n) is 7.77. The zero-order valence-corrected chi connectivity index (χ0v) is 13.7. The predicted molar refractivity (Wildman–Crippen MR) is 94.0 cm³/mol. The van der Waals surface area contributed by atoms with Crippen LogP contribution in [0, 0.1) is 0 Å². The molecule has 0 saturated carbocycles. The molecule has 1 atom stereocenters. The second-order valence-corrected chi connectivity index (χ2v) is 5.54. The van der Waals surface area contributed by atoms with Crippen LogP contribution in [0.25, 0.3) is 0 Å². The van der Waals surface area contributed by atoms with Gasteiger partial charge in [-0.3, -0.25) is 9.59 Å². The van der Waals surface area contributed by atoms with Crippen molar-refractivity contribution in [2.45, 2.75) is 33.2 Å². The molecule has 0 fully saturated rings. The molecule has 0 spiro atoms. The molecule has 0 bridgehead atoms. The number of carbonyl (C=O) groups excluding carboxylic acids is 2. The maximum Gasteiger partial charge on any atom is 0.246 e. The van der Waals surface area contributed by atoms with E-state index in [-0.39, 0.29) is 17.7 Å². The zero-order chi connectivity index (χ0) is 16.8. The summed E-state index contributed by atoms with van der Waals surface area (Å²) in [6, 6.07) is 14.6. The average molecular weight is 310 g/mol. The van der Waals surface area contributed by atoms with E-state index in [0.29, 0.717) is 11.3 Å². The topological polar surface area (TPSA) is 58.2 Å². The lowest BCUT2D eigenvalue weighted by Gasteiger charge is -2.15. The summed E-state index contributed by atoms with van der Waals surface area (Å²) in [6.45, 7) is 5.44. The molecule has 0 aliphatic rings. The molecular formula is C19H22N2O2. The van der Waals surface area contributed by atoms with Crippen molar-refractivity contribution < 1.29 is 9.59 Å². The van der Waals surface area contributed by atoms with Crippen molar-refractivity contribution in [2.24, 2.45) is 0 Å². The largest absolute Gasteiger partial charge is 0.374 e. The highest BCUT2D eigenvalue weighted by molar-refractivity contribution is 5.97. The molecule has 120 valence electrons. The van der Waals surface area contributed by atoms with E-state index >= 15 is 0 Å². The summed E-state index contributed by atoms with van der Waals surface area (Å²) in [4.78, 5) is 23.5. The van der Waals surface area contributed by atoms with Crippen molar-refractivity contribution in [1.82, 2.24) is 0 Å². The number of rotatable bonds is 6. The number of benzene rings is 2. The van der Waals surface area contributed by atoms with Gasteiger partial charge in [-0.15, -0.1) is 0 Å². The molecule has 2 rings (SSSR count). The van der Waals surface area contributed by atoms with Gasteiger partial charge in [0.05, 0.1) is 0 Å². The fourth-order valence-electron chi connectivity index (χ4n) is 2.19. The first-order valence-corrected chi connectivity index (χ1v) is 7.77. The highest BCUT2D eigenvalue weighted by Gasteiger charge is 2.13. The van der Waals surface area contributed by atoms with Gasteiger partial charge >= 0.3 is 0 Å². The molecule has 0 saturated heterocycles. The first kappa shape index (κ1) is 16.7. The van der Waals surface area contributed by atoms with Gasteiger partial charge in [-0.25, -0.2) is 0 Å². The van der Waals surface area contributed by atoms with Crippen molar-refractivity contribution in [3.8, 4) is 0 Å². The number of aryl methyl sites for hydroxylation is 1. The van der Waals surface area contributed by atoms with Crippen LogP contribution in [0.4, 0.5) is 11.4 Å². The Balaban J connectivity index is 1.94. The summed E-state index contributed by atoms with van der Waals surface area (Å²) in [5, 5.41) is 6.01. The third-order valence-corrected chi connectivity index (χ3v) is 3.70. The van der Waals surface area contributed by atoms with Crippen LogP contribution in [0.2, 0.25) is 0 Å². The molecule has 2 aromatic rings. The van der Waals surface area contributed by atoms with Crippen LogP contribution in [-0.2, 0) is 11.2 Å². The SMILES string of the molecule is CCc1ccc(N[C@H](C)C(=O)Nc2ccc(C(C)=O)cc2)cc1. The van der Waals surface area contributed by atoms with Gasteiger partial charge in [0.25, 0.3) is 0 Å². The van der Waals surface area contributed by atoms with E-state index in [2.05, 4.69) is 17.6 Å². The molecule has 23 heavy (non-hydrogen) atoms. The molecule has 4 heteroatoms. The summed E-state index contributed by atoms with van der Waals surface area (Å²) in [7, 11) is 0. The van der Waals surface area contributed by atoms with Crippen LogP contribution in [0.15, 0.2) is 48.5 Å². The van der Waals surface area contributed by atoms with E-state index < -0.39 is 0 Å². The number of carbonyl (C=O) groups is 2. The Bertz CT molecular complexity index is 676. The Hall–Kier alpha value is -2.62. The van der Waals surface area contributed by atoms with Crippen LogP contribution in [-0.4, -0.2) is 17.7 Å². The lowest BCUT2D eigenvalue weighted by Crippen LogP contribution is -2.31. The standard InChI is InChI=1S/C19H22N2O2/c1-4-15-5-9-17(10-6-15)20-13(2)19(23)21-18-11-7-16(8-12-18)14(3)22/h5-13,20H,4H2,1-3H3,(H,21,23)/t13-/m1/s1. The van der Waals surface area contributed by atoms with E-state index in [1.807, 2.05) is 31.2 Å². The molecule has 0 aliphatic heterocycles. The number of amides is 1. The van der Waals surface area contributed by atoms with Crippen LogP contribution in [0.1, 0.15) is 36.7 Å². The van der Waals surface area contributed by atoms with Gasteiger partial charge in [0, 0.05) is 16.9 Å². The molecular weight excluding hydrogens is 288 g/mol. The van der Waals surface area contributed by atoms with Crippen molar-refractivity contribution in [2.75, 3.05) is 10.6 Å². The number of hydrogen-bond donors (Lipinski definition) is 2. The van der Waals surface area contributed by atoms with Gasteiger partial charge in [0.15, 0.2) is 5.78 Å². The van der Waals surface area contributed by atoms with Gasteiger partial charge in [0.1, 0.15) is 6.04 Å². The van der Waals surface area contributed by atoms with Crippen LogP contribution < -0.4 is 10.6 Å². The lowest BCUT2D eigenvalue weighted by atomic mass is 10.1. The minimum absolute atomic E-state index is 0.00781. The smallest absolute Gasteiger partial charge is 0.246 e. The fourth-order valence-corrected chi connectivity index (χ4v) is 2.19. The number of anilines is 2. The Labute approximate surface area is 136 Å². The molecule has 0 aromatic heterocycles. The quantitative estimate of drug-likeness (QED) is 0.796. The fraction of sp³-hybridized carbons (Fsp3) is 0.263. The monoisotopic (exact) mass is 310 g/mol.